The fourth-order valence-electron chi connectivity index (χ4n) is 0.779. The highest BCUT2D eigenvalue weighted by atomic mass is 79.9. The van der Waals surface area contributed by atoms with E-state index in [1.165, 1.54) is 0 Å². The van der Waals surface area contributed by atoms with E-state index in [9.17, 15) is 4.79 Å². The summed E-state index contributed by atoms with van der Waals surface area (Å²) < 4.78 is 6.21. The van der Waals surface area contributed by atoms with E-state index < -0.39 is 0 Å². The van der Waals surface area contributed by atoms with E-state index >= 15 is 0 Å². The Hall–Kier alpha value is -0.830. The van der Waals surface area contributed by atoms with Gasteiger partial charge in [0.25, 0.3) is 0 Å². The first kappa shape index (κ1) is 9.26. The first-order chi connectivity index (χ1) is 5.84. The molecule has 3 heteroatoms. The molecule has 0 saturated heterocycles. The third-order valence-electron chi connectivity index (χ3n) is 1.33. The Morgan fingerprint density at radius 1 is 1.42 bits per heavy atom. The quantitative estimate of drug-likeness (QED) is 0.585. The van der Waals surface area contributed by atoms with Crippen molar-refractivity contribution >= 4 is 22.2 Å². The highest BCUT2D eigenvalue weighted by Crippen LogP contribution is 2.23. The van der Waals surface area contributed by atoms with Crippen molar-refractivity contribution in [3.05, 3.63) is 28.7 Å². The highest BCUT2D eigenvalue weighted by molar-refractivity contribution is 9.10. The van der Waals surface area contributed by atoms with Gasteiger partial charge in [-0.15, -0.1) is 0 Å². The van der Waals surface area contributed by atoms with Crippen molar-refractivity contribution in [3.8, 4) is 5.75 Å². The number of hydrogen-bond donors (Lipinski definition) is 0. The number of aldehydes is 1. The zero-order valence-electron chi connectivity index (χ0n) is 6.50. The molecule has 1 aromatic carbocycles. The van der Waals surface area contributed by atoms with E-state index in [1.54, 1.807) is 0 Å². The number of benzene rings is 1. The van der Waals surface area contributed by atoms with Crippen LogP contribution in [0, 0.1) is 0 Å². The molecular weight excluding hydrogens is 220 g/mol. The molecule has 0 aliphatic carbocycles. The second-order valence-electron chi connectivity index (χ2n) is 2.23. The number of para-hydroxylation sites is 1. The summed E-state index contributed by atoms with van der Waals surface area (Å²) in [4.78, 5) is 9.99. The van der Waals surface area contributed by atoms with Crippen molar-refractivity contribution in [1.29, 1.82) is 0 Å². The summed E-state index contributed by atoms with van der Waals surface area (Å²) in [6.07, 6.45) is 1.28. The van der Waals surface area contributed by atoms with Crippen LogP contribution in [0.3, 0.4) is 0 Å². The van der Waals surface area contributed by atoms with E-state index in [1.807, 2.05) is 24.3 Å². The Morgan fingerprint density at radius 2 is 2.17 bits per heavy atom. The van der Waals surface area contributed by atoms with Gasteiger partial charge in [0.15, 0.2) is 0 Å². The van der Waals surface area contributed by atoms with Crippen LogP contribution in [0.5, 0.6) is 5.75 Å². The molecule has 0 N–H and O–H groups in total. The fourth-order valence-corrected chi connectivity index (χ4v) is 1.18. The van der Waals surface area contributed by atoms with Gasteiger partial charge in [-0.05, 0) is 28.1 Å². The summed E-state index contributed by atoms with van der Waals surface area (Å²) in [7, 11) is 0. The lowest BCUT2D eigenvalue weighted by Gasteiger charge is -2.04. The molecule has 64 valence electrons. The van der Waals surface area contributed by atoms with Gasteiger partial charge in [0.1, 0.15) is 12.0 Å². The molecule has 0 bridgehead atoms. The maximum Gasteiger partial charge on any atom is 0.133 e. The van der Waals surface area contributed by atoms with Crippen molar-refractivity contribution in [2.75, 3.05) is 6.61 Å². The molecule has 0 saturated carbocycles. The summed E-state index contributed by atoms with van der Waals surface area (Å²) in [6, 6.07) is 7.56. The number of halogens is 1. The van der Waals surface area contributed by atoms with Crippen molar-refractivity contribution in [2.24, 2.45) is 0 Å². The molecule has 1 aromatic rings. The van der Waals surface area contributed by atoms with Crippen molar-refractivity contribution in [3.63, 3.8) is 0 Å². The summed E-state index contributed by atoms with van der Waals surface area (Å²) in [5, 5.41) is 0. The average Bonchev–Trinajstić information content (AvgIpc) is 2.09. The maximum absolute atomic E-state index is 9.99. The van der Waals surface area contributed by atoms with Crippen LogP contribution >= 0.6 is 15.9 Å². The van der Waals surface area contributed by atoms with Gasteiger partial charge in [-0.3, -0.25) is 0 Å². The Morgan fingerprint density at radius 3 is 2.83 bits per heavy atom. The summed E-state index contributed by atoms with van der Waals surface area (Å²) >= 11 is 3.34. The minimum absolute atomic E-state index is 0.432. The molecule has 2 nitrogen and oxygen atoms in total. The molecular formula is C9H9BrO2. The molecule has 1 rings (SSSR count). The fraction of sp³-hybridized carbons (Fsp3) is 0.222. The van der Waals surface area contributed by atoms with E-state index in [0.717, 1.165) is 16.5 Å². The van der Waals surface area contributed by atoms with E-state index in [0.29, 0.717) is 13.0 Å². The summed E-state index contributed by atoms with van der Waals surface area (Å²) in [5.74, 6) is 0.777. The third-order valence-corrected chi connectivity index (χ3v) is 1.99. The van der Waals surface area contributed by atoms with Crippen LogP contribution in [-0.2, 0) is 4.79 Å². The third kappa shape index (κ3) is 2.66. The van der Waals surface area contributed by atoms with Gasteiger partial charge in [0.05, 0.1) is 11.1 Å². The van der Waals surface area contributed by atoms with Crippen LogP contribution < -0.4 is 4.74 Å². The first-order valence-electron chi connectivity index (χ1n) is 3.65. The predicted molar refractivity (Wildman–Crippen MR) is 50.3 cm³/mol. The first-order valence-corrected chi connectivity index (χ1v) is 4.45. The van der Waals surface area contributed by atoms with Gasteiger partial charge in [-0.1, -0.05) is 12.1 Å². The molecule has 0 fully saturated rings. The lowest BCUT2D eigenvalue weighted by Crippen LogP contribution is -1.97. The van der Waals surface area contributed by atoms with Crippen molar-refractivity contribution in [2.45, 2.75) is 6.42 Å². The Labute approximate surface area is 79.7 Å². The topological polar surface area (TPSA) is 26.3 Å². The minimum Gasteiger partial charge on any atom is -0.492 e. The zero-order valence-corrected chi connectivity index (χ0v) is 8.08. The molecule has 0 unspecified atom stereocenters. The summed E-state index contributed by atoms with van der Waals surface area (Å²) in [5.41, 5.74) is 0. The van der Waals surface area contributed by atoms with E-state index in [2.05, 4.69) is 15.9 Å². The van der Waals surface area contributed by atoms with Crippen LogP contribution in [0.2, 0.25) is 0 Å². The van der Waals surface area contributed by atoms with Crippen LogP contribution in [0.1, 0.15) is 6.42 Å². The molecule has 0 heterocycles. The maximum atomic E-state index is 9.99. The van der Waals surface area contributed by atoms with E-state index in [4.69, 9.17) is 4.74 Å². The van der Waals surface area contributed by atoms with Gasteiger partial charge in [-0.2, -0.15) is 0 Å². The molecule has 12 heavy (non-hydrogen) atoms. The monoisotopic (exact) mass is 228 g/mol. The number of carbonyl (C=O) groups is 1. The number of ether oxygens (including phenoxy) is 1. The molecule has 0 aliphatic rings. The van der Waals surface area contributed by atoms with Gasteiger partial charge in [0.2, 0.25) is 0 Å². The lowest BCUT2D eigenvalue weighted by molar-refractivity contribution is -0.108. The normalized spacial score (nSPS) is 9.42. The molecule has 0 aromatic heterocycles. The second-order valence-corrected chi connectivity index (χ2v) is 3.09. The second kappa shape index (κ2) is 4.93. The number of hydrogen-bond acceptors (Lipinski definition) is 2. The smallest absolute Gasteiger partial charge is 0.133 e. The van der Waals surface area contributed by atoms with Gasteiger partial charge < -0.3 is 9.53 Å². The molecule has 0 radical (unpaired) electrons. The molecule has 0 aliphatic heterocycles. The van der Waals surface area contributed by atoms with Gasteiger partial charge >= 0.3 is 0 Å². The van der Waals surface area contributed by atoms with Crippen molar-refractivity contribution in [1.82, 2.24) is 0 Å². The Bertz CT molecular complexity index is 260. The van der Waals surface area contributed by atoms with Crippen molar-refractivity contribution < 1.29 is 9.53 Å². The van der Waals surface area contributed by atoms with Gasteiger partial charge in [0, 0.05) is 6.42 Å². The molecule has 0 amide bonds. The lowest BCUT2D eigenvalue weighted by atomic mass is 10.3. The minimum atomic E-state index is 0.432. The Kier molecular flexibility index (Phi) is 3.80. The molecule has 0 atom stereocenters. The number of rotatable bonds is 4. The SMILES string of the molecule is O=CCCOc1ccccc1Br. The van der Waals surface area contributed by atoms with Crippen LogP contribution in [0.4, 0.5) is 0 Å². The van der Waals surface area contributed by atoms with Gasteiger partial charge in [-0.25, -0.2) is 0 Å². The Balaban J connectivity index is 2.51. The zero-order chi connectivity index (χ0) is 8.81. The predicted octanol–water partition coefficient (Wildman–Crippen LogP) is 2.42. The largest absolute Gasteiger partial charge is 0.492 e. The summed E-state index contributed by atoms with van der Waals surface area (Å²) in [6.45, 7) is 0.437. The van der Waals surface area contributed by atoms with Crippen LogP contribution in [0.25, 0.3) is 0 Å². The standard InChI is InChI=1S/C9H9BrO2/c10-8-4-1-2-5-9(8)12-7-3-6-11/h1-2,4-6H,3,7H2. The molecule has 0 spiro atoms. The number of carbonyl (C=O) groups excluding carboxylic acids is 1. The van der Waals surface area contributed by atoms with Crippen LogP contribution in [0.15, 0.2) is 28.7 Å². The highest BCUT2D eigenvalue weighted by Gasteiger charge is 1.97. The van der Waals surface area contributed by atoms with E-state index in [-0.39, 0.29) is 0 Å². The van der Waals surface area contributed by atoms with Crippen LogP contribution in [-0.4, -0.2) is 12.9 Å². The average molecular weight is 229 g/mol.